The van der Waals surface area contributed by atoms with Crippen LogP contribution in [0.3, 0.4) is 0 Å². The van der Waals surface area contributed by atoms with E-state index >= 15 is 0 Å². The molecule has 0 amide bonds. The van der Waals surface area contributed by atoms with Crippen molar-refractivity contribution in [3.63, 3.8) is 0 Å². The zero-order valence-electron chi connectivity index (χ0n) is 17.5. The third kappa shape index (κ3) is 4.40. The van der Waals surface area contributed by atoms with E-state index in [1.807, 2.05) is 32.0 Å². The molecule has 0 atom stereocenters. The molecule has 160 valence electrons. The van der Waals surface area contributed by atoms with Gasteiger partial charge in [-0.05, 0) is 31.9 Å². The fourth-order valence-corrected chi connectivity index (χ4v) is 5.16. The number of thioether (sulfide) groups is 1. The molecule has 0 spiro atoms. The molecule has 0 saturated heterocycles. The molecule has 0 saturated carbocycles. The van der Waals surface area contributed by atoms with Crippen molar-refractivity contribution < 1.29 is 9.53 Å². The third-order valence-electron chi connectivity index (χ3n) is 4.74. The van der Waals surface area contributed by atoms with Crippen LogP contribution in [-0.2, 0) is 17.0 Å². The van der Waals surface area contributed by atoms with Crippen LogP contribution in [0.4, 0.5) is 5.82 Å². The monoisotopic (exact) mass is 454 g/mol. The summed E-state index contributed by atoms with van der Waals surface area (Å²) in [6, 6.07) is 10.2. The molecule has 4 aromatic rings. The average molecular weight is 455 g/mol. The number of fused-ring (bicyclic) bond motifs is 1. The summed E-state index contributed by atoms with van der Waals surface area (Å²) in [7, 11) is 0. The number of esters is 1. The highest BCUT2D eigenvalue weighted by Crippen LogP contribution is 2.34. The lowest BCUT2D eigenvalue weighted by molar-refractivity contribution is 0.0531. The number of aryl methyl sites for hydroxylation is 2. The van der Waals surface area contributed by atoms with Crippen LogP contribution in [0.25, 0.3) is 10.2 Å². The third-order valence-corrected chi connectivity index (χ3v) is 6.87. The molecule has 0 fully saturated rings. The average Bonchev–Trinajstić information content (AvgIpc) is 3.27. The van der Waals surface area contributed by atoms with E-state index in [9.17, 15) is 4.79 Å². The molecule has 0 radical (unpaired) electrons. The normalized spacial score (nSPS) is 11.2. The van der Waals surface area contributed by atoms with Gasteiger partial charge in [0.15, 0.2) is 5.16 Å². The topological polar surface area (TPSA) is 109 Å². The maximum atomic E-state index is 12.2. The zero-order valence-corrected chi connectivity index (χ0v) is 19.1. The zero-order chi connectivity index (χ0) is 22.0. The van der Waals surface area contributed by atoms with Crippen LogP contribution in [0, 0.1) is 13.8 Å². The first-order chi connectivity index (χ1) is 15.0. The van der Waals surface area contributed by atoms with E-state index in [0.29, 0.717) is 45.6 Å². The smallest absolute Gasteiger partial charge is 0.348 e. The van der Waals surface area contributed by atoms with Gasteiger partial charge in [-0.2, -0.15) is 0 Å². The number of hydrogen-bond acceptors (Lipinski definition) is 9. The van der Waals surface area contributed by atoms with E-state index in [2.05, 4.69) is 36.9 Å². The van der Waals surface area contributed by atoms with Crippen LogP contribution in [0.5, 0.6) is 0 Å². The van der Waals surface area contributed by atoms with Gasteiger partial charge in [0.1, 0.15) is 27.2 Å². The second-order valence-electron chi connectivity index (χ2n) is 6.87. The van der Waals surface area contributed by atoms with Crippen molar-refractivity contribution in [1.29, 1.82) is 0 Å². The lowest BCUT2D eigenvalue weighted by Gasteiger charge is -2.08. The first kappa shape index (κ1) is 21.3. The molecule has 1 aromatic carbocycles. The predicted octanol–water partition coefficient (Wildman–Crippen LogP) is 4.00. The largest absolute Gasteiger partial charge is 0.462 e. The fraction of sp³-hybridized carbons (Fsp3) is 0.286. The van der Waals surface area contributed by atoms with Crippen LogP contribution in [0.15, 0.2) is 35.5 Å². The summed E-state index contributed by atoms with van der Waals surface area (Å²) in [6.07, 6.45) is 0. The van der Waals surface area contributed by atoms with Gasteiger partial charge >= 0.3 is 5.97 Å². The molecule has 10 heteroatoms. The molecular weight excluding hydrogens is 432 g/mol. The Hall–Kier alpha value is -2.98. The number of anilines is 1. The number of nitrogens with two attached hydrogens (primary N) is 1. The van der Waals surface area contributed by atoms with Gasteiger partial charge in [0.25, 0.3) is 0 Å². The van der Waals surface area contributed by atoms with Gasteiger partial charge in [-0.25, -0.2) is 14.8 Å². The minimum absolute atomic E-state index is 0.318. The second-order valence-corrected chi connectivity index (χ2v) is 8.81. The van der Waals surface area contributed by atoms with Crippen molar-refractivity contribution in [2.45, 2.75) is 38.2 Å². The number of rotatable bonds is 7. The molecule has 3 heterocycles. The van der Waals surface area contributed by atoms with Crippen LogP contribution in [0.1, 0.15) is 39.4 Å². The summed E-state index contributed by atoms with van der Waals surface area (Å²) in [5, 5.41) is 10.0. The number of nitrogens with zero attached hydrogens (tertiary/aromatic N) is 5. The van der Waals surface area contributed by atoms with E-state index in [1.165, 1.54) is 28.7 Å². The quantitative estimate of drug-likeness (QED) is 0.330. The van der Waals surface area contributed by atoms with Gasteiger partial charge in [-0.15, -0.1) is 21.5 Å². The summed E-state index contributed by atoms with van der Waals surface area (Å²) in [6.45, 7) is 6.57. The van der Waals surface area contributed by atoms with E-state index in [1.54, 1.807) is 6.92 Å². The van der Waals surface area contributed by atoms with E-state index < -0.39 is 0 Å². The Kier molecular flexibility index (Phi) is 6.19. The van der Waals surface area contributed by atoms with Crippen molar-refractivity contribution in [3.05, 3.63) is 58.0 Å². The van der Waals surface area contributed by atoms with Gasteiger partial charge in [-0.3, -0.25) is 0 Å². The Morgan fingerprint density at radius 1 is 1.19 bits per heavy atom. The molecular formula is C21H22N6O2S2. The number of thiophene rings is 1. The SMILES string of the molecule is CCOC(=O)c1sc2nc(CSc3nnc(C)n3Cc3ccccc3)nc(N)c2c1C. The summed E-state index contributed by atoms with van der Waals surface area (Å²) in [4.78, 5) is 22.5. The maximum absolute atomic E-state index is 12.2. The molecule has 31 heavy (non-hydrogen) atoms. The van der Waals surface area contributed by atoms with Crippen LogP contribution in [-0.4, -0.2) is 37.3 Å². The van der Waals surface area contributed by atoms with Crippen molar-refractivity contribution >= 4 is 45.1 Å². The van der Waals surface area contributed by atoms with Crippen molar-refractivity contribution in [3.8, 4) is 0 Å². The van der Waals surface area contributed by atoms with Gasteiger partial charge < -0.3 is 15.0 Å². The molecule has 4 rings (SSSR count). The van der Waals surface area contributed by atoms with Gasteiger partial charge in [-0.1, -0.05) is 42.1 Å². The summed E-state index contributed by atoms with van der Waals surface area (Å²) >= 11 is 2.79. The highest BCUT2D eigenvalue weighted by molar-refractivity contribution is 7.98. The molecule has 0 aliphatic heterocycles. The number of aromatic nitrogens is 5. The standard InChI is InChI=1S/C21H22N6O2S2/c1-4-29-20(28)17-12(2)16-18(22)23-15(24-19(16)31-17)11-30-21-26-25-13(3)27(21)10-14-8-6-5-7-9-14/h5-9H,4,10-11H2,1-3H3,(H2,22,23,24). The first-order valence-corrected chi connectivity index (χ1v) is 11.6. The van der Waals surface area contributed by atoms with Crippen molar-refractivity contribution in [2.24, 2.45) is 0 Å². The fourth-order valence-electron chi connectivity index (χ4n) is 3.22. The van der Waals surface area contributed by atoms with Gasteiger partial charge in [0.05, 0.1) is 24.3 Å². The van der Waals surface area contributed by atoms with E-state index in [-0.39, 0.29) is 5.97 Å². The minimum Gasteiger partial charge on any atom is -0.462 e. The minimum atomic E-state index is -0.359. The lowest BCUT2D eigenvalue weighted by atomic mass is 10.2. The van der Waals surface area contributed by atoms with Crippen LogP contribution < -0.4 is 5.73 Å². The number of carbonyl (C=O) groups excluding carboxylic acids is 1. The van der Waals surface area contributed by atoms with Gasteiger partial charge in [0.2, 0.25) is 0 Å². The summed E-state index contributed by atoms with van der Waals surface area (Å²) < 4.78 is 7.20. The Morgan fingerprint density at radius 3 is 2.71 bits per heavy atom. The summed E-state index contributed by atoms with van der Waals surface area (Å²) in [5.74, 6) is 1.92. The van der Waals surface area contributed by atoms with Crippen molar-refractivity contribution in [1.82, 2.24) is 24.7 Å². The first-order valence-electron chi connectivity index (χ1n) is 9.77. The molecule has 0 unspecified atom stereocenters. The molecule has 0 bridgehead atoms. The van der Waals surface area contributed by atoms with Crippen LogP contribution in [0.2, 0.25) is 0 Å². The highest BCUT2D eigenvalue weighted by Gasteiger charge is 2.21. The van der Waals surface area contributed by atoms with E-state index in [0.717, 1.165) is 16.5 Å². The molecule has 3 aromatic heterocycles. The summed E-state index contributed by atoms with van der Waals surface area (Å²) in [5.41, 5.74) is 8.14. The number of nitrogen functional groups attached to an aromatic ring is 1. The Labute approximate surface area is 187 Å². The number of benzene rings is 1. The number of hydrogen-bond donors (Lipinski definition) is 1. The molecule has 0 aliphatic rings. The lowest BCUT2D eigenvalue weighted by Crippen LogP contribution is -2.05. The molecule has 2 N–H and O–H groups in total. The number of carbonyl (C=O) groups is 1. The predicted molar refractivity (Wildman–Crippen MR) is 122 cm³/mol. The Morgan fingerprint density at radius 2 is 1.97 bits per heavy atom. The number of ether oxygens (including phenoxy) is 1. The Balaban J connectivity index is 1.57. The van der Waals surface area contributed by atoms with Gasteiger partial charge in [0, 0.05) is 0 Å². The van der Waals surface area contributed by atoms with Crippen molar-refractivity contribution in [2.75, 3.05) is 12.3 Å². The second kappa shape index (κ2) is 9.03. The van der Waals surface area contributed by atoms with E-state index in [4.69, 9.17) is 10.5 Å². The highest BCUT2D eigenvalue weighted by atomic mass is 32.2. The molecule has 8 nitrogen and oxygen atoms in total. The van der Waals surface area contributed by atoms with Crippen LogP contribution >= 0.6 is 23.1 Å². The maximum Gasteiger partial charge on any atom is 0.348 e. The Bertz CT molecular complexity index is 1240. The molecule has 0 aliphatic carbocycles.